The summed E-state index contributed by atoms with van der Waals surface area (Å²) < 4.78 is 18.8. The lowest BCUT2D eigenvalue weighted by atomic mass is 9.93. The number of benzene rings is 3. The zero-order valence-corrected chi connectivity index (χ0v) is 21.9. The summed E-state index contributed by atoms with van der Waals surface area (Å²) in [6.45, 7) is 3.80. The van der Waals surface area contributed by atoms with E-state index in [2.05, 4.69) is 5.32 Å². The molecule has 4 aromatic rings. The van der Waals surface area contributed by atoms with Crippen LogP contribution in [0.2, 0.25) is 0 Å². The molecule has 0 aliphatic carbocycles. The van der Waals surface area contributed by atoms with Crippen molar-refractivity contribution in [2.75, 3.05) is 11.1 Å². The van der Waals surface area contributed by atoms with Gasteiger partial charge in [0.15, 0.2) is 0 Å². The molecule has 0 saturated carbocycles. The van der Waals surface area contributed by atoms with Crippen LogP contribution in [-0.4, -0.2) is 11.4 Å². The van der Waals surface area contributed by atoms with E-state index in [1.807, 2.05) is 73.8 Å². The molecule has 8 heteroatoms. The topological polar surface area (TPSA) is 107 Å². The second-order valence-electron chi connectivity index (χ2n) is 9.23. The zero-order chi connectivity index (χ0) is 25.7. The van der Waals surface area contributed by atoms with Gasteiger partial charge in [0.1, 0.15) is 6.10 Å². The third kappa shape index (κ3) is 6.65. The van der Waals surface area contributed by atoms with E-state index in [4.69, 9.17) is 16.0 Å². The summed E-state index contributed by atoms with van der Waals surface area (Å²) in [4.78, 5) is 14.1. The van der Waals surface area contributed by atoms with Gasteiger partial charge in [-0.25, -0.2) is 0 Å². The molecule has 4 rings (SSSR count). The summed E-state index contributed by atoms with van der Waals surface area (Å²) in [7, 11) is -2.07. The van der Waals surface area contributed by atoms with Crippen LogP contribution in [0.25, 0.3) is 10.4 Å². The van der Waals surface area contributed by atoms with Crippen LogP contribution in [0.4, 0.5) is 11.4 Å². The van der Waals surface area contributed by atoms with Crippen LogP contribution < -0.4 is 22.1 Å². The number of nitrogens with two attached hydrogens (primary N) is 2. The minimum Gasteiger partial charge on any atom is -0.397 e. The predicted molar refractivity (Wildman–Crippen MR) is 149 cm³/mol. The molecule has 0 fully saturated rings. The SMILES string of the molecule is CC(C)(N)CC(O[P+](=O)c1ccccc1)c1ccc(C(=O)Nc2cc(-c3cccs3)ccc2N)cc1. The predicted octanol–water partition coefficient (Wildman–Crippen LogP) is 6.50. The highest BCUT2D eigenvalue weighted by Crippen LogP contribution is 2.36. The van der Waals surface area contributed by atoms with Crippen molar-refractivity contribution in [2.45, 2.75) is 31.9 Å². The number of amides is 1. The van der Waals surface area contributed by atoms with Crippen molar-refractivity contribution in [3.63, 3.8) is 0 Å². The largest absolute Gasteiger partial charge is 0.549 e. The van der Waals surface area contributed by atoms with Crippen LogP contribution in [-0.2, 0) is 9.09 Å². The molecule has 6 nitrogen and oxygen atoms in total. The van der Waals surface area contributed by atoms with Gasteiger partial charge in [0, 0.05) is 22.4 Å². The van der Waals surface area contributed by atoms with Gasteiger partial charge in [0.05, 0.1) is 11.4 Å². The van der Waals surface area contributed by atoms with Crippen molar-refractivity contribution in [3.05, 3.63) is 101 Å². The van der Waals surface area contributed by atoms with E-state index >= 15 is 0 Å². The van der Waals surface area contributed by atoms with E-state index in [0.29, 0.717) is 28.7 Å². The van der Waals surface area contributed by atoms with E-state index < -0.39 is 19.7 Å². The molecule has 1 aromatic heterocycles. The second-order valence-corrected chi connectivity index (χ2v) is 11.4. The molecule has 184 valence electrons. The number of hydrogen-bond acceptors (Lipinski definition) is 6. The minimum atomic E-state index is -2.07. The Hall–Kier alpha value is -3.35. The first kappa shape index (κ1) is 25.7. The fourth-order valence-electron chi connectivity index (χ4n) is 3.72. The molecule has 5 N–H and O–H groups in total. The molecule has 0 aliphatic heterocycles. The number of carbonyl (C=O) groups excluding carboxylic acids is 1. The molecule has 36 heavy (non-hydrogen) atoms. The average molecular weight is 519 g/mol. The van der Waals surface area contributed by atoms with Crippen molar-refractivity contribution in [3.8, 4) is 10.4 Å². The Balaban J connectivity index is 1.51. The Bertz CT molecular complexity index is 1330. The standard InChI is InChI=1S/C28H28N3O3PS/c1-28(2,30)18-25(34-35(33)22-7-4-3-5-8-22)19-10-12-20(13-11-19)27(32)31-24-17-21(14-15-23(24)29)26-9-6-16-36-26/h3-17,25H,18,29-30H2,1-2H3/p+1. The van der Waals surface area contributed by atoms with Gasteiger partial charge in [-0.05, 0) is 77.4 Å². The third-order valence-electron chi connectivity index (χ3n) is 5.55. The quantitative estimate of drug-likeness (QED) is 0.173. The van der Waals surface area contributed by atoms with Crippen molar-refractivity contribution >= 4 is 42.0 Å². The summed E-state index contributed by atoms with van der Waals surface area (Å²) in [5.74, 6) is -0.274. The summed E-state index contributed by atoms with van der Waals surface area (Å²) in [6, 6.07) is 25.7. The maximum Gasteiger partial charge on any atom is 0.549 e. The number of hydrogen-bond donors (Lipinski definition) is 3. The van der Waals surface area contributed by atoms with Crippen molar-refractivity contribution in [2.24, 2.45) is 5.73 Å². The van der Waals surface area contributed by atoms with Gasteiger partial charge >= 0.3 is 8.03 Å². The van der Waals surface area contributed by atoms with Gasteiger partial charge in [0.2, 0.25) is 5.30 Å². The first-order valence-electron chi connectivity index (χ1n) is 11.5. The van der Waals surface area contributed by atoms with E-state index in [9.17, 15) is 9.36 Å². The molecule has 0 spiro atoms. The lowest BCUT2D eigenvalue weighted by Gasteiger charge is -2.23. The molecule has 0 saturated heterocycles. The van der Waals surface area contributed by atoms with Gasteiger partial charge in [-0.1, -0.05) is 42.5 Å². The molecule has 0 aliphatic rings. The maximum absolute atomic E-state index is 13.0. The number of nitrogens with one attached hydrogen (secondary N) is 1. The highest BCUT2D eigenvalue weighted by molar-refractivity contribution is 7.48. The molecule has 1 heterocycles. The van der Waals surface area contributed by atoms with Gasteiger partial charge in [0.25, 0.3) is 5.91 Å². The molecule has 3 aromatic carbocycles. The number of anilines is 2. The van der Waals surface area contributed by atoms with Crippen LogP contribution in [0.5, 0.6) is 0 Å². The average Bonchev–Trinajstić information content (AvgIpc) is 3.40. The Morgan fingerprint density at radius 2 is 1.75 bits per heavy atom. The first-order chi connectivity index (χ1) is 17.2. The summed E-state index contributed by atoms with van der Waals surface area (Å²) in [6.07, 6.45) is -0.0394. The molecule has 1 amide bonds. The molecule has 2 unspecified atom stereocenters. The monoisotopic (exact) mass is 518 g/mol. The molecule has 0 bridgehead atoms. The van der Waals surface area contributed by atoms with Crippen LogP contribution >= 0.6 is 19.4 Å². The molecule has 2 atom stereocenters. The van der Waals surface area contributed by atoms with Crippen LogP contribution in [0.15, 0.2) is 90.3 Å². The number of thiophene rings is 1. The Labute approximate surface area is 216 Å². The van der Waals surface area contributed by atoms with Gasteiger partial charge in [-0.2, -0.15) is 0 Å². The van der Waals surface area contributed by atoms with Gasteiger partial charge in [-0.15, -0.1) is 15.9 Å². The van der Waals surface area contributed by atoms with E-state index in [-0.39, 0.29) is 5.91 Å². The first-order valence-corrected chi connectivity index (χ1v) is 13.6. The van der Waals surface area contributed by atoms with Crippen molar-refractivity contribution in [1.29, 1.82) is 0 Å². The van der Waals surface area contributed by atoms with Crippen LogP contribution in [0, 0.1) is 0 Å². The maximum atomic E-state index is 13.0. The third-order valence-corrected chi connectivity index (χ3v) is 7.64. The van der Waals surface area contributed by atoms with Gasteiger partial charge in [-0.3, -0.25) is 4.79 Å². The van der Waals surface area contributed by atoms with E-state index in [1.165, 1.54) is 0 Å². The van der Waals surface area contributed by atoms with Crippen LogP contribution in [0.1, 0.15) is 42.3 Å². The zero-order valence-electron chi connectivity index (χ0n) is 20.2. The second kappa shape index (κ2) is 11.1. The van der Waals surface area contributed by atoms with E-state index in [0.717, 1.165) is 16.0 Å². The summed E-state index contributed by atoms with van der Waals surface area (Å²) in [5, 5.41) is 5.53. The lowest BCUT2D eigenvalue weighted by molar-refractivity contribution is 0.102. The van der Waals surface area contributed by atoms with E-state index in [1.54, 1.807) is 41.7 Å². The fraction of sp³-hybridized carbons (Fsp3) is 0.179. The lowest BCUT2D eigenvalue weighted by Crippen LogP contribution is -2.34. The summed E-state index contributed by atoms with van der Waals surface area (Å²) in [5.41, 5.74) is 15.1. The molecular formula is C28H29N3O3PS+. The Kier molecular flexibility index (Phi) is 7.97. The van der Waals surface area contributed by atoms with Crippen molar-refractivity contribution < 1.29 is 13.9 Å². The molecule has 0 radical (unpaired) electrons. The minimum absolute atomic E-state index is 0.274. The smallest absolute Gasteiger partial charge is 0.397 e. The fourth-order valence-corrected chi connectivity index (χ4v) is 5.41. The normalized spacial score (nSPS) is 12.7. The Morgan fingerprint density at radius 1 is 1.03 bits per heavy atom. The summed E-state index contributed by atoms with van der Waals surface area (Å²) >= 11 is 1.62. The van der Waals surface area contributed by atoms with Crippen LogP contribution in [0.3, 0.4) is 0 Å². The number of nitrogen functional groups attached to an aromatic ring is 1. The Morgan fingerprint density at radius 3 is 2.39 bits per heavy atom. The number of carbonyl (C=O) groups is 1. The highest BCUT2D eigenvalue weighted by atomic mass is 32.1. The number of rotatable bonds is 9. The van der Waals surface area contributed by atoms with Crippen molar-refractivity contribution in [1.82, 2.24) is 0 Å². The van der Waals surface area contributed by atoms with Gasteiger partial charge < -0.3 is 16.8 Å². The highest BCUT2D eigenvalue weighted by Gasteiger charge is 2.32. The molecular weight excluding hydrogens is 489 g/mol.